The van der Waals surface area contributed by atoms with E-state index >= 15 is 0 Å². The Morgan fingerprint density at radius 3 is 2.56 bits per heavy atom. The molecule has 5 aromatic rings. The number of aryl methyl sites for hydroxylation is 1. The van der Waals surface area contributed by atoms with Gasteiger partial charge in [0.15, 0.2) is 11.5 Å². The van der Waals surface area contributed by atoms with Crippen molar-refractivity contribution < 1.29 is 19.1 Å². The van der Waals surface area contributed by atoms with E-state index < -0.39 is 5.97 Å². The van der Waals surface area contributed by atoms with Crippen molar-refractivity contribution in [1.82, 2.24) is 14.8 Å². The summed E-state index contributed by atoms with van der Waals surface area (Å²) < 4.78 is 12.8. The standard InChI is InChI=1S/C26H20N4O4/c1-17-24-22(26(31)32)14-23(27-15-21-8-5-13-33-21)28-25(24)30(29-17)16-18-9-11-20(12-10-18)34-19-6-3-2-4-7-19/h2-15H,16H2,1H3,(H,31,32)/b27-15+. The van der Waals surface area contributed by atoms with Crippen molar-refractivity contribution in [3.05, 3.63) is 102 Å². The minimum Gasteiger partial charge on any atom is -0.478 e. The molecular formula is C26H20N4O4. The van der Waals surface area contributed by atoms with Gasteiger partial charge in [-0.05, 0) is 55.0 Å². The van der Waals surface area contributed by atoms with Crippen molar-refractivity contribution in [3.8, 4) is 11.5 Å². The van der Waals surface area contributed by atoms with Crippen LogP contribution in [-0.2, 0) is 6.54 Å². The SMILES string of the molecule is Cc1nn(Cc2ccc(Oc3ccccc3)cc2)c2nc(/N=C/c3ccco3)cc(C(=O)O)c12. The van der Waals surface area contributed by atoms with E-state index in [4.69, 9.17) is 9.15 Å². The zero-order valence-electron chi connectivity index (χ0n) is 18.3. The average molecular weight is 452 g/mol. The van der Waals surface area contributed by atoms with E-state index in [2.05, 4.69) is 15.1 Å². The molecule has 0 radical (unpaired) electrons. The van der Waals surface area contributed by atoms with Crippen LogP contribution >= 0.6 is 0 Å². The number of aromatic nitrogens is 3. The molecule has 0 aliphatic carbocycles. The summed E-state index contributed by atoms with van der Waals surface area (Å²) in [5.74, 6) is 1.22. The van der Waals surface area contributed by atoms with Gasteiger partial charge in [-0.25, -0.2) is 19.5 Å². The van der Waals surface area contributed by atoms with Crippen LogP contribution in [0.5, 0.6) is 11.5 Å². The van der Waals surface area contributed by atoms with E-state index in [0.29, 0.717) is 29.0 Å². The highest BCUT2D eigenvalue weighted by molar-refractivity contribution is 6.03. The molecule has 8 heteroatoms. The lowest BCUT2D eigenvalue weighted by atomic mass is 10.1. The average Bonchev–Trinajstić information content (AvgIpc) is 3.47. The van der Waals surface area contributed by atoms with Crippen LogP contribution in [0.2, 0.25) is 0 Å². The van der Waals surface area contributed by atoms with Crippen LogP contribution in [0.4, 0.5) is 5.82 Å². The van der Waals surface area contributed by atoms with Crippen molar-refractivity contribution in [3.63, 3.8) is 0 Å². The fourth-order valence-corrected chi connectivity index (χ4v) is 3.64. The highest BCUT2D eigenvalue weighted by Gasteiger charge is 2.19. The van der Waals surface area contributed by atoms with Gasteiger partial charge in [-0.2, -0.15) is 5.10 Å². The normalized spacial score (nSPS) is 11.3. The molecule has 1 N–H and O–H groups in total. The first kappa shape index (κ1) is 21.1. The van der Waals surface area contributed by atoms with Gasteiger partial charge in [-0.1, -0.05) is 30.3 Å². The third-order valence-corrected chi connectivity index (χ3v) is 5.20. The van der Waals surface area contributed by atoms with Crippen LogP contribution in [0.15, 0.2) is 88.5 Å². The number of ether oxygens (including phenoxy) is 1. The van der Waals surface area contributed by atoms with Crippen LogP contribution in [-0.4, -0.2) is 32.1 Å². The van der Waals surface area contributed by atoms with Gasteiger partial charge in [0.05, 0.1) is 35.7 Å². The first-order valence-electron chi connectivity index (χ1n) is 10.6. The summed E-state index contributed by atoms with van der Waals surface area (Å²) in [6.07, 6.45) is 3.04. The first-order chi connectivity index (χ1) is 16.6. The Labute approximate surface area is 194 Å². The Morgan fingerprint density at radius 1 is 1.09 bits per heavy atom. The van der Waals surface area contributed by atoms with E-state index in [9.17, 15) is 9.90 Å². The minimum atomic E-state index is -1.06. The number of carboxylic acids is 1. The van der Waals surface area contributed by atoms with Crippen molar-refractivity contribution in [2.45, 2.75) is 13.5 Å². The van der Waals surface area contributed by atoms with Crippen molar-refractivity contribution in [1.29, 1.82) is 0 Å². The van der Waals surface area contributed by atoms with E-state index in [1.165, 1.54) is 18.5 Å². The summed E-state index contributed by atoms with van der Waals surface area (Å²) in [6, 6.07) is 22.1. The minimum absolute atomic E-state index is 0.104. The third-order valence-electron chi connectivity index (χ3n) is 5.20. The van der Waals surface area contributed by atoms with E-state index in [1.807, 2.05) is 54.6 Å². The molecular weight excluding hydrogens is 432 g/mol. The largest absolute Gasteiger partial charge is 0.478 e. The topological polar surface area (TPSA) is 103 Å². The number of carbonyl (C=O) groups is 1. The number of aromatic carboxylic acids is 1. The molecule has 3 aromatic heterocycles. The summed E-state index contributed by atoms with van der Waals surface area (Å²) in [7, 11) is 0. The number of benzene rings is 2. The highest BCUT2D eigenvalue weighted by atomic mass is 16.5. The summed E-state index contributed by atoms with van der Waals surface area (Å²) in [5, 5.41) is 14.8. The number of hydrogen-bond donors (Lipinski definition) is 1. The van der Waals surface area contributed by atoms with Crippen LogP contribution < -0.4 is 4.74 Å². The molecule has 0 bridgehead atoms. The lowest BCUT2D eigenvalue weighted by molar-refractivity contribution is 0.0699. The van der Waals surface area contributed by atoms with Crippen molar-refractivity contribution in [2.75, 3.05) is 0 Å². The number of pyridine rings is 1. The van der Waals surface area contributed by atoms with E-state index in [-0.39, 0.29) is 11.4 Å². The Bertz CT molecular complexity index is 1470. The Kier molecular flexibility index (Phi) is 5.61. The second kappa shape index (κ2) is 9.03. The molecule has 2 aromatic carbocycles. The molecule has 0 spiro atoms. The maximum Gasteiger partial charge on any atom is 0.336 e. The van der Waals surface area contributed by atoms with Gasteiger partial charge in [0.2, 0.25) is 0 Å². The molecule has 0 aliphatic heterocycles. The molecule has 168 valence electrons. The molecule has 34 heavy (non-hydrogen) atoms. The molecule has 5 rings (SSSR count). The maximum absolute atomic E-state index is 12.0. The number of furan rings is 1. The van der Waals surface area contributed by atoms with Crippen LogP contribution in [0.25, 0.3) is 11.0 Å². The summed E-state index contributed by atoms with van der Waals surface area (Å²) in [4.78, 5) is 20.8. The Morgan fingerprint density at radius 2 is 1.85 bits per heavy atom. The number of aliphatic imine (C=N–C) groups is 1. The van der Waals surface area contributed by atoms with Gasteiger partial charge in [0.1, 0.15) is 17.3 Å². The number of para-hydroxylation sites is 1. The molecule has 0 atom stereocenters. The molecule has 0 aliphatic rings. The highest BCUT2D eigenvalue weighted by Crippen LogP contribution is 2.27. The van der Waals surface area contributed by atoms with Crippen LogP contribution in [0, 0.1) is 6.92 Å². The van der Waals surface area contributed by atoms with Gasteiger partial charge in [0, 0.05) is 0 Å². The van der Waals surface area contributed by atoms with Gasteiger partial charge in [0.25, 0.3) is 0 Å². The van der Waals surface area contributed by atoms with Gasteiger partial charge >= 0.3 is 5.97 Å². The van der Waals surface area contributed by atoms with Crippen molar-refractivity contribution >= 4 is 29.0 Å². The summed E-state index contributed by atoms with van der Waals surface area (Å²) in [6.45, 7) is 2.18. The van der Waals surface area contributed by atoms with Gasteiger partial charge < -0.3 is 14.3 Å². The first-order valence-corrected chi connectivity index (χ1v) is 10.6. The monoisotopic (exact) mass is 452 g/mol. The number of rotatable bonds is 7. The maximum atomic E-state index is 12.0. The smallest absolute Gasteiger partial charge is 0.336 e. The second-order valence-corrected chi connectivity index (χ2v) is 7.61. The fraction of sp³-hybridized carbons (Fsp3) is 0.0769. The molecule has 3 heterocycles. The quantitative estimate of drug-likeness (QED) is 0.321. The Hall–Kier alpha value is -4.72. The van der Waals surface area contributed by atoms with E-state index in [1.54, 1.807) is 23.7 Å². The van der Waals surface area contributed by atoms with Crippen LogP contribution in [0.3, 0.4) is 0 Å². The second-order valence-electron chi connectivity index (χ2n) is 7.61. The summed E-state index contributed by atoms with van der Waals surface area (Å²) in [5.41, 5.74) is 2.11. The zero-order valence-corrected chi connectivity index (χ0v) is 18.3. The Balaban J connectivity index is 1.46. The molecule has 0 unspecified atom stereocenters. The predicted octanol–water partition coefficient (Wildman–Crippen LogP) is 5.62. The van der Waals surface area contributed by atoms with Gasteiger partial charge in [-0.15, -0.1) is 0 Å². The van der Waals surface area contributed by atoms with Gasteiger partial charge in [-0.3, -0.25) is 0 Å². The lowest BCUT2D eigenvalue weighted by Gasteiger charge is -2.08. The van der Waals surface area contributed by atoms with E-state index in [0.717, 1.165) is 17.1 Å². The third kappa shape index (κ3) is 4.42. The van der Waals surface area contributed by atoms with Crippen LogP contribution in [0.1, 0.15) is 27.4 Å². The molecule has 0 saturated heterocycles. The molecule has 0 saturated carbocycles. The number of hydrogen-bond acceptors (Lipinski definition) is 6. The van der Waals surface area contributed by atoms with Crippen molar-refractivity contribution in [2.24, 2.45) is 4.99 Å². The lowest BCUT2D eigenvalue weighted by Crippen LogP contribution is -2.04. The fourth-order valence-electron chi connectivity index (χ4n) is 3.64. The molecule has 8 nitrogen and oxygen atoms in total. The molecule has 0 fully saturated rings. The zero-order chi connectivity index (χ0) is 23.5. The molecule has 0 amide bonds. The number of fused-ring (bicyclic) bond motifs is 1. The number of carboxylic acid groups (broad SMARTS) is 1. The summed E-state index contributed by atoms with van der Waals surface area (Å²) >= 11 is 0. The predicted molar refractivity (Wildman–Crippen MR) is 127 cm³/mol. The number of nitrogens with zero attached hydrogens (tertiary/aromatic N) is 4.